The third-order valence-corrected chi connectivity index (χ3v) is 1.31. The van der Waals surface area contributed by atoms with Crippen LogP contribution < -0.4 is 0 Å². The first kappa shape index (κ1) is 11.2. The van der Waals surface area contributed by atoms with Gasteiger partial charge in [-0.25, -0.2) is 0 Å². The molecular weight excluding hydrogens is 208 g/mol. The van der Waals surface area contributed by atoms with Crippen molar-refractivity contribution in [3.63, 3.8) is 0 Å². The fraction of sp³-hybridized carbons (Fsp3) is 0.125. The summed E-state index contributed by atoms with van der Waals surface area (Å²) in [5.74, 6) is -0.356. The third-order valence-electron chi connectivity index (χ3n) is 1.31. The quantitative estimate of drug-likeness (QED) is 0.560. The van der Waals surface area contributed by atoms with Gasteiger partial charge in [0.1, 0.15) is 12.4 Å². The predicted molar refractivity (Wildman–Crippen MR) is 39.5 cm³/mol. The van der Waals surface area contributed by atoms with Gasteiger partial charge < -0.3 is 10.2 Å². The Hall–Kier alpha value is -0.831. The van der Waals surface area contributed by atoms with E-state index in [9.17, 15) is 4.79 Å². The van der Waals surface area contributed by atoms with Gasteiger partial charge in [-0.3, -0.25) is 4.79 Å². The van der Waals surface area contributed by atoms with Crippen LogP contribution in [0.25, 0.3) is 0 Å². The maximum absolute atomic E-state index is 10.8. The molecule has 0 aliphatic heterocycles. The molecule has 3 nitrogen and oxygen atoms in total. The number of hydrogen-bond donors (Lipinski definition) is 2. The van der Waals surface area contributed by atoms with Crippen molar-refractivity contribution in [2.24, 2.45) is 0 Å². The summed E-state index contributed by atoms with van der Waals surface area (Å²) in [4.78, 5) is 10.8. The fourth-order valence-electron chi connectivity index (χ4n) is 0.771. The Kier molecular flexibility index (Phi) is 4.59. The van der Waals surface area contributed by atoms with E-state index in [4.69, 9.17) is 10.2 Å². The first-order chi connectivity index (χ1) is 5.24. The molecule has 0 fully saturated rings. The molecule has 1 radical (unpaired) electrons. The normalized spacial score (nSPS) is 8.75. The second kappa shape index (κ2) is 4.93. The molecule has 0 aromatic heterocycles. The summed E-state index contributed by atoms with van der Waals surface area (Å²) in [6, 6.07) is 5.88. The van der Waals surface area contributed by atoms with Crippen molar-refractivity contribution >= 4 is 5.78 Å². The predicted octanol–water partition coefficient (Wildman–Crippen LogP) is 0.565. The topological polar surface area (TPSA) is 57.5 Å². The number of aromatic hydroxyl groups is 1. The molecule has 0 aliphatic rings. The molecule has 0 bridgehead atoms. The van der Waals surface area contributed by atoms with E-state index >= 15 is 0 Å². The average Bonchev–Trinajstić information content (AvgIpc) is 2.03. The van der Waals surface area contributed by atoms with Crippen LogP contribution in [0.3, 0.4) is 0 Å². The van der Waals surface area contributed by atoms with Gasteiger partial charge >= 0.3 is 0 Å². The summed E-state index contributed by atoms with van der Waals surface area (Å²) >= 11 is 0. The zero-order chi connectivity index (χ0) is 8.27. The third kappa shape index (κ3) is 2.66. The summed E-state index contributed by atoms with van der Waals surface area (Å²) in [5, 5.41) is 17.4. The molecule has 0 amide bonds. The Morgan fingerprint density at radius 2 is 2.08 bits per heavy atom. The van der Waals surface area contributed by atoms with Crippen LogP contribution in [0.4, 0.5) is 0 Å². The number of phenols is 1. The molecule has 0 saturated carbocycles. The van der Waals surface area contributed by atoms with E-state index in [1.54, 1.807) is 6.07 Å². The summed E-state index contributed by atoms with van der Waals surface area (Å²) in [5.41, 5.74) is 0.326. The van der Waals surface area contributed by atoms with Crippen molar-refractivity contribution in [2.45, 2.75) is 0 Å². The Morgan fingerprint density at radius 3 is 2.58 bits per heavy atom. The maximum atomic E-state index is 10.8. The van der Waals surface area contributed by atoms with Crippen molar-refractivity contribution < 1.29 is 32.1 Å². The summed E-state index contributed by atoms with van der Waals surface area (Å²) in [6.45, 7) is -0.524. The van der Waals surface area contributed by atoms with E-state index in [1.807, 2.05) is 0 Å². The largest absolute Gasteiger partial charge is 0.508 e. The van der Waals surface area contributed by atoms with Crippen LogP contribution in [-0.4, -0.2) is 22.6 Å². The minimum absolute atomic E-state index is 0. The Morgan fingerprint density at radius 1 is 1.42 bits per heavy atom. The molecule has 2 N–H and O–H groups in total. The van der Waals surface area contributed by atoms with Crippen LogP contribution in [0.2, 0.25) is 0 Å². The molecular formula is C8H8CuO3. The van der Waals surface area contributed by atoms with Crippen LogP contribution in [-0.2, 0) is 17.1 Å². The van der Waals surface area contributed by atoms with Crippen LogP contribution in [0.1, 0.15) is 10.4 Å². The molecule has 0 heterocycles. The van der Waals surface area contributed by atoms with Gasteiger partial charge in [0, 0.05) is 22.6 Å². The monoisotopic (exact) mass is 215 g/mol. The molecule has 1 rings (SSSR count). The zero-order valence-electron chi connectivity index (χ0n) is 6.12. The SMILES string of the molecule is O=C(CO)c1cccc(O)c1.[Cu]. The number of Topliss-reactive ketones (excluding diaryl/α,β-unsaturated/α-hetero) is 1. The molecule has 0 aliphatic carbocycles. The van der Waals surface area contributed by atoms with E-state index in [0.717, 1.165) is 0 Å². The van der Waals surface area contributed by atoms with Gasteiger partial charge in [0.05, 0.1) is 0 Å². The molecule has 69 valence electrons. The number of carbonyl (C=O) groups excluding carboxylic acids is 1. The number of rotatable bonds is 2. The van der Waals surface area contributed by atoms with Gasteiger partial charge in [-0.1, -0.05) is 12.1 Å². The van der Waals surface area contributed by atoms with Crippen molar-refractivity contribution in [1.82, 2.24) is 0 Å². The van der Waals surface area contributed by atoms with E-state index in [1.165, 1.54) is 18.2 Å². The van der Waals surface area contributed by atoms with Crippen molar-refractivity contribution in [2.75, 3.05) is 6.61 Å². The number of carbonyl (C=O) groups is 1. The first-order valence-electron chi connectivity index (χ1n) is 3.17. The molecule has 1 aromatic rings. The molecule has 0 unspecified atom stereocenters. The van der Waals surface area contributed by atoms with Crippen molar-refractivity contribution in [3.8, 4) is 5.75 Å². The Bertz CT molecular complexity index is 273. The van der Waals surface area contributed by atoms with E-state index in [-0.39, 0.29) is 28.6 Å². The van der Waals surface area contributed by atoms with Crippen LogP contribution >= 0.6 is 0 Å². The van der Waals surface area contributed by atoms with Crippen LogP contribution in [0.15, 0.2) is 24.3 Å². The van der Waals surface area contributed by atoms with Gasteiger partial charge in [-0.05, 0) is 12.1 Å². The van der Waals surface area contributed by atoms with Crippen molar-refractivity contribution in [1.29, 1.82) is 0 Å². The number of ketones is 1. The molecule has 0 saturated heterocycles. The molecule has 12 heavy (non-hydrogen) atoms. The first-order valence-corrected chi connectivity index (χ1v) is 3.17. The second-order valence-corrected chi connectivity index (χ2v) is 2.13. The zero-order valence-corrected chi connectivity index (χ0v) is 7.06. The fourth-order valence-corrected chi connectivity index (χ4v) is 0.771. The number of benzene rings is 1. The Labute approximate surface area is 80.5 Å². The van der Waals surface area contributed by atoms with Gasteiger partial charge in [-0.2, -0.15) is 0 Å². The van der Waals surface area contributed by atoms with Crippen LogP contribution in [0.5, 0.6) is 5.75 Å². The van der Waals surface area contributed by atoms with Gasteiger partial charge in [0.25, 0.3) is 0 Å². The Balaban J connectivity index is 0.00000121. The van der Waals surface area contributed by atoms with Gasteiger partial charge in [-0.15, -0.1) is 0 Å². The van der Waals surface area contributed by atoms with E-state index < -0.39 is 6.61 Å². The summed E-state index contributed by atoms with van der Waals surface area (Å²) in [6.07, 6.45) is 0. The van der Waals surface area contributed by atoms with E-state index in [2.05, 4.69) is 0 Å². The maximum Gasteiger partial charge on any atom is 0.188 e. The summed E-state index contributed by atoms with van der Waals surface area (Å²) < 4.78 is 0. The summed E-state index contributed by atoms with van der Waals surface area (Å²) in [7, 11) is 0. The number of aliphatic hydroxyl groups excluding tert-OH is 1. The number of phenolic OH excluding ortho intramolecular Hbond substituents is 1. The van der Waals surface area contributed by atoms with Gasteiger partial charge in [0.15, 0.2) is 5.78 Å². The minimum atomic E-state index is -0.524. The second-order valence-electron chi connectivity index (χ2n) is 2.13. The average molecular weight is 216 g/mol. The molecule has 0 atom stereocenters. The smallest absolute Gasteiger partial charge is 0.188 e. The van der Waals surface area contributed by atoms with Crippen LogP contribution in [0, 0.1) is 0 Å². The van der Waals surface area contributed by atoms with Gasteiger partial charge in [0.2, 0.25) is 0 Å². The number of aliphatic hydroxyl groups is 1. The van der Waals surface area contributed by atoms with Crippen molar-refractivity contribution in [3.05, 3.63) is 29.8 Å². The molecule has 4 heteroatoms. The number of hydrogen-bond acceptors (Lipinski definition) is 3. The molecule has 1 aromatic carbocycles. The minimum Gasteiger partial charge on any atom is -0.508 e. The van der Waals surface area contributed by atoms with E-state index in [0.29, 0.717) is 5.56 Å². The standard InChI is InChI=1S/C8H8O3.Cu/c9-5-8(11)6-2-1-3-7(10)4-6;/h1-4,9-10H,5H2;. The molecule has 0 spiro atoms.